The Bertz CT molecular complexity index is 508. The highest BCUT2D eigenvalue weighted by Crippen LogP contribution is 2.18. The molecule has 0 aliphatic rings. The molecular weight excluding hydrogens is 234 g/mol. The Labute approximate surface area is 115 Å². The van der Waals surface area contributed by atoms with Crippen molar-refractivity contribution in [3.63, 3.8) is 0 Å². The van der Waals surface area contributed by atoms with Gasteiger partial charge in [0.25, 0.3) is 0 Å². The van der Waals surface area contributed by atoms with Gasteiger partial charge in [0.05, 0.1) is 6.10 Å². The number of benzene rings is 2. The Morgan fingerprint density at radius 2 is 1.63 bits per heavy atom. The Hall–Kier alpha value is -1.80. The Morgan fingerprint density at radius 1 is 1.00 bits per heavy atom. The van der Waals surface area contributed by atoms with Crippen LogP contribution in [0.25, 0.3) is 0 Å². The molecular formula is C17H21NO. The first-order chi connectivity index (χ1) is 9.16. The van der Waals surface area contributed by atoms with Gasteiger partial charge in [-0.1, -0.05) is 42.5 Å². The third-order valence-corrected chi connectivity index (χ3v) is 3.23. The van der Waals surface area contributed by atoms with Crippen molar-refractivity contribution in [2.45, 2.75) is 26.5 Å². The number of hydrogen-bond acceptors (Lipinski definition) is 2. The molecule has 2 nitrogen and oxygen atoms in total. The molecule has 2 aromatic rings. The molecule has 2 heteroatoms. The summed E-state index contributed by atoms with van der Waals surface area (Å²) in [4.78, 5) is 2.22. The molecule has 0 heterocycles. The molecule has 0 aliphatic carbocycles. The minimum atomic E-state index is -0.343. The van der Waals surface area contributed by atoms with Crippen LogP contribution in [0.1, 0.15) is 18.1 Å². The second-order valence-corrected chi connectivity index (χ2v) is 4.99. The lowest BCUT2D eigenvalue weighted by Crippen LogP contribution is -2.30. The van der Waals surface area contributed by atoms with Crippen LogP contribution >= 0.6 is 0 Å². The molecule has 0 saturated carbocycles. The molecule has 100 valence electrons. The molecule has 0 bridgehead atoms. The van der Waals surface area contributed by atoms with E-state index in [1.165, 1.54) is 11.1 Å². The van der Waals surface area contributed by atoms with E-state index in [2.05, 4.69) is 48.2 Å². The quantitative estimate of drug-likeness (QED) is 0.885. The molecule has 0 spiro atoms. The molecule has 0 aliphatic heterocycles. The number of aliphatic hydroxyl groups excluding tert-OH is 1. The van der Waals surface area contributed by atoms with E-state index in [4.69, 9.17) is 0 Å². The molecule has 0 aromatic heterocycles. The van der Waals surface area contributed by atoms with Gasteiger partial charge >= 0.3 is 0 Å². The second-order valence-electron chi connectivity index (χ2n) is 4.99. The summed E-state index contributed by atoms with van der Waals surface area (Å²) >= 11 is 0. The molecule has 1 atom stereocenters. The molecule has 2 aromatic carbocycles. The summed E-state index contributed by atoms with van der Waals surface area (Å²) in [6.45, 7) is 5.41. The average Bonchev–Trinajstić information content (AvgIpc) is 2.41. The maximum absolute atomic E-state index is 9.69. The van der Waals surface area contributed by atoms with Crippen LogP contribution in [0, 0.1) is 6.92 Å². The van der Waals surface area contributed by atoms with Crippen molar-refractivity contribution in [2.24, 2.45) is 0 Å². The largest absolute Gasteiger partial charge is 0.392 e. The van der Waals surface area contributed by atoms with Crippen LogP contribution in [0.2, 0.25) is 0 Å². The van der Waals surface area contributed by atoms with Crippen molar-refractivity contribution in [3.8, 4) is 0 Å². The number of nitrogens with zero attached hydrogens (tertiary/aromatic N) is 1. The molecule has 1 unspecified atom stereocenters. The lowest BCUT2D eigenvalue weighted by molar-refractivity contribution is 0.199. The van der Waals surface area contributed by atoms with Crippen molar-refractivity contribution < 1.29 is 5.11 Å². The van der Waals surface area contributed by atoms with Crippen molar-refractivity contribution in [1.29, 1.82) is 0 Å². The van der Waals surface area contributed by atoms with Crippen molar-refractivity contribution >= 4 is 5.69 Å². The van der Waals surface area contributed by atoms with Gasteiger partial charge in [0.2, 0.25) is 0 Å². The van der Waals surface area contributed by atoms with Gasteiger partial charge in [-0.3, -0.25) is 0 Å². The number of anilines is 1. The normalized spacial score (nSPS) is 12.2. The molecule has 0 radical (unpaired) electrons. The van der Waals surface area contributed by atoms with Crippen LogP contribution in [-0.4, -0.2) is 17.8 Å². The number of aryl methyl sites for hydroxylation is 1. The summed E-state index contributed by atoms with van der Waals surface area (Å²) < 4.78 is 0. The Balaban J connectivity index is 2.22. The third-order valence-electron chi connectivity index (χ3n) is 3.23. The molecule has 0 amide bonds. The van der Waals surface area contributed by atoms with Gasteiger partial charge in [0.1, 0.15) is 0 Å². The topological polar surface area (TPSA) is 23.5 Å². The van der Waals surface area contributed by atoms with Crippen LogP contribution in [0.15, 0.2) is 54.6 Å². The monoisotopic (exact) mass is 255 g/mol. The van der Waals surface area contributed by atoms with Crippen LogP contribution in [0.5, 0.6) is 0 Å². The second kappa shape index (κ2) is 6.39. The number of hydrogen-bond donors (Lipinski definition) is 1. The van der Waals surface area contributed by atoms with Crippen LogP contribution < -0.4 is 4.90 Å². The van der Waals surface area contributed by atoms with E-state index >= 15 is 0 Å². The van der Waals surface area contributed by atoms with Crippen LogP contribution in [0.4, 0.5) is 5.69 Å². The van der Waals surface area contributed by atoms with Crippen molar-refractivity contribution in [3.05, 3.63) is 65.7 Å². The van der Waals surface area contributed by atoms with E-state index in [0.29, 0.717) is 6.54 Å². The highest BCUT2D eigenvalue weighted by atomic mass is 16.3. The first-order valence-corrected chi connectivity index (χ1v) is 6.69. The maximum atomic E-state index is 9.69. The fraction of sp³-hybridized carbons (Fsp3) is 0.294. The summed E-state index contributed by atoms with van der Waals surface area (Å²) in [6.07, 6.45) is -0.343. The fourth-order valence-electron chi connectivity index (χ4n) is 2.21. The Kier molecular flexibility index (Phi) is 4.58. The van der Waals surface area contributed by atoms with E-state index in [1.807, 2.05) is 25.1 Å². The van der Waals surface area contributed by atoms with Gasteiger partial charge in [-0.15, -0.1) is 0 Å². The minimum Gasteiger partial charge on any atom is -0.392 e. The molecule has 2 rings (SSSR count). The number of para-hydroxylation sites is 1. The average molecular weight is 255 g/mol. The predicted molar refractivity (Wildman–Crippen MR) is 80.4 cm³/mol. The summed E-state index contributed by atoms with van der Waals surface area (Å²) in [5.41, 5.74) is 3.73. The SMILES string of the molecule is Cc1ccccc1CN(CC(C)O)c1ccccc1. The zero-order valence-corrected chi connectivity index (χ0v) is 11.6. The van der Waals surface area contributed by atoms with E-state index in [9.17, 15) is 5.11 Å². The molecule has 1 N–H and O–H groups in total. The first-order valence-electron chi connectivity index (χ1n) is 6.69. The zero-order chi connectivity index (χ0) is 13.7. The highest BCUT2D eigenvalue weighted by molar-refractivity contribution is 5.47. The highest BCUT2D eigenvalue weighted by Gasteiger charge is 2.10. The minimum absolute atomic E-state index is 0.343. The lowest BCUT2D eigenvalue weighted by atomic mass is 10.1. The summed E-state index contributed by atoms with van der Waals surface area (Å²) in [6, 6.07) is 18.6. The first kappa shape index (κ1) is 13.6. The van der Waals surface area contributed by atoms with E-state index < -0.39 is 0 Å². The van der Waals surface area contributed by atoms with Crippen molar-refractivity contribution in [2.75, 3.05) is 11.4 Å². The fourth-order valence-corrected chi connectivity index (χ4v) is 2.21. The van der Waals surface area contributed by atoms with Crippen LogP contribution in [-0.2, 0) is 6.54 Å². The zero-order valence-electron chi connectivity index (χ0n) is 11.6. The molecule has 19 heavy (non-hydrogen) atoms. The van der Waals surface area contributed by atoms with Gasteiger partial charge in [-0.25, -0.2) is 0 Å². The number of aliphatic hydroxyl groups is 1. The predicted octanol–water partition coefficient (Wildman–Crippen LogP) is 3.38. The van der Waals surface area contributed by atoms with Gasteiger partial charge in [-0.05, 0) is 37.1 Å². The summed E-state index contributed by atoms with van der Waals surface area (Å²) in [5, 5.41) is 9.69. The standard InChI is InChI=1S/C17H21NO/c1-14-8-6-7-9-16(14)13-18(12-15(2)19)17-10-4-3-5-11-17/h3-11,15,19H,12-13H2,1-2H3. The van der Waals surface area contributed by atoms with Gasteiger partial charge < -0.3 is 10.0 Å². The smallest absolute Gasteiger partial charge is 0.0687 e. The van der Waals surface area contributed by atoms with Gasteiger partial charge in [0.15, 0.2) is 0 Å². The van der Waals surface area contributed by atoms with Gasteiger partial charge in [-0.2, -0.15) is 0 Å². The summed E-state index contributed by atoms with van der Waals surface area (Å²) in [7, 11) is 0. The summed E-state index contributed by atoms with van der Waals surface area (Å²) in [5.74, 6) is 0. The van der Waals surface area contributed by atoms with Gasteiger partial charge in [0, 0.05) is 18.8 Å². The molecule has 0 fully saturated rings. The van der Waals surface area contributed by atoms with E-state index in [-0.39, 0.29) is 6.10 Å². The lowest BCUT2D eigenvalue weighted by Gasteiger charge is -2.27. The van der Waals surface area contributed by atoms with E-state index in [0.717, 1.165) is 12.2 Å². The van der Waals surface area contributed by atoms with Crippen molar-refractivity contribution in [1.82, 2.24) is 0 Å². The Morgan fingerprint density at radius 3 is 2.26 bits per heavy atom. The molecule has 0 saturated heterocycles. The maximum Gasteiger partial charge on any atom is 0.0687 e. The van der Waals surface area contributed by atoms with Crippen LogP contribution in [0.3, 0.4) is 0 Å². The van der Waals surface area contributed by atoms with E-state index in [1.54, 1.807) is 0 Å². The third kappa shape index (κ3) is 3.83. The number of rotatable bonds is 5.